The van der Waals surface area contributed by atoms with Gasteiger partial charge in [-0.25, -0.2) is 9.07 Å². The van der Waals surface area contributed by atoms with Gasteiger partial charge in [0.25, 0.3) is 5.91 Å². The van der Waals surface area contributed by atoms with E-state index in [1.54, 1.807) is 23.0 Å². The molecule has 1 amide bonds. The van der Waals surface area contributed by atoms with Crippen LogP contribution in [0.3, 0.4) is 0 Å². The largest absolute Gasteiger partial charge is 0.348 e. The molecule has 0 aliphatic rings. The maximum Gasteiger partial charge on any atom is 0.273 e. The summed E-state index contributed by atoms with van der Waals surface area (Å²) in [5.74, 6) is -0.575. The standard InChI is InChI=1S/C17H19FN6O/c1-11(7-15-8-12(2)20-21-15)19-17(25)16-10-24(23-22-16)9-13-3-5-14(18)6-4-13/h3-6,8,10-11H,7,9H2,1-2H3,(H,19,25)(H,20,21)/t11-/m0/s1. The number of H-pyrrole nitrogens is 1. The lowest BCUT2D eigenvalue weighted by Gasteiger charge is -2.10. The van der Waals surface area contributed by atoms with Crippen molar-refractivity contribution >= 4 is 5.91 Å². The lowest BCUT2D eigenvalue weighted by Crippen LogP contribution is -2.34. The average Bonchev–Trinajstić information content (AvgIpc) is 3.19. The summed E-state index contributed by atoms with van der Waals surface area (Å²) in [5.41, 5.74) is 3.00. The summed E-state index contributed by atoms with van der Waals surface area (Å²) in [4.78, 5) is 12.3. The highest BCUT2D eigenvalue weighted by Crippen LogP contribution is 2.06. The van der Waals surface area contributed by atoms with Crippen molar-refractivity contribution in [2.75, 3.05) is 0 Å². The summed E-state index contributed by atoms with van der Waals surface area (Å²) < 4.78 is 14.5. The number of aromatic nitrogens is 5. The average molecular weight is 342 g/mol. The molecule has 3 aromatic rings. The summed E-state index contributed by atoms with van der Waals surface area (Å²) >= 11 is 0. The summed E-state index contributed by atoms with van der Waals surface area (Å²) in [5, 5.41) is 17.8. The van der Waals surface area contributed by atoms with Gasteiger partial charge in [0.2, 0.25) is 0 Å². The van der Waals surface area contributed by atoms with Crippen molar-refractivity contribution < 1.29 is 9.18 Å². The molecule has 0 saturated heterocycles. The summed E-state index contributed by atoms with van der Waals surface area (Å²) in [6, 6.07) is 7.98. The Hall–Kier alpha value is -3.03. The second-order valence-corrected chi connectivity index (χ2v) is 6.05. The minimum atomic E-state index is -0.288. The molecule has 3 rings (SSSR count). The Bertz CT molecular complexity index is 854. The molecule has 0 aliphatic heterocycles. The first-order chi connectivity index (χ1) is 12.0. The molecule has 0 unspecified atom stereocenters. The van der Waals surface area contributed by atoms with Gasteiger partial charge < -0.3 is 5.32 Å². The van der Waals surface area contributed by atoms with E-state index in [1.807, 2.05) is 19.9 Å². The minimum Gasteiger partial charge on any atom is -0.348 e. The van der Waals surface area contributed by atoms with E-state index in [1.165, 1.54) is 12.1 Å². The van der Waals surface area contributed by atoms with Gasteiger partial charge in [0.1, 0.15) is 5.82 Å². The zero-order chi connectivity index (χ0) is 17.8. The van der Waals surface area contributed by atoms with Gasteiger partial charge in [-0.2, -0.15) is 5.10 Å². The fourth-order valence-corrected chi connectivity index (χ4v) is 2.50. The number of carbonyl (C=O) groups is 1. The van der Waals surface area contributed by atoms with E-state index in [-0.39, 0.29) is 23.5 Å². The van der Waals surface area contributed by atoms with Crippen molar-refractivity contribution in [2.45, 2.75) is 32.9 Å². The lowest BCUT2D eigenvalue weighted by atomic mass is 10.1. The van der Waals surface area contributed by atoms with Crippen LogP contribution in [0, 0.1) is 12.7 Å². The van der Waals surface area contributed by atoms with Crippen LogP contribution in [0.25, 0.3) is 0 Å². The molecule has 25 heavy (non-hydrogen) atoms. The topological polar surface area (TPSA) is 88.5 Å². The number of carbonyl (C=O) groups excluding carboxylic acids is 1. The Morgan fingerprint density at radius 1 is 1.36 bits per heavy atom. The van der Waals surface area contributed by atoms with Crippen molar-refractivity contribution in [2.24, 2.45) is 0 Å². The molecular formula is C17H19FN6O. The third-order valence-corrected chi connectivity index (χ3v) is 3.68. The van der Waals surface area contributed by atoms with E-state index in [0.29, 0.717) is 13.0 Å². The molecule has 2 N–H and O–H groups in total. The Morgan fingerprint density at radius 3 is 2.80 bits per heavy atom. The number of halogens is 1. The van der Waals surface area contributed by atoms with Crippen LogP contribution in [0.5, 0.6) is 0 Å². The maximum atomic E-state index is 12.9. The highest BCUT2D eigenvalue weighted by atomic mass is 19.1. The van der Waals surface area contributed by atoms with Crippen LogP contribution in [0.2, 0.25) is 0 Å². The fraction of sp³-hybridized carbons (Fsp3) is 0.294. The predicted molar refractivity (Wildman–Crippen MR) is 89.5 cm³/mol. The summed E-state index contributed by atoms with van der Waals surface area (Å²) in [6.07, 6.45) is 2.20. The van der Waals surface area contributed by atoms with Gasteiger partial charge in [0.15, 0.2) is 5.69 Å². The van der Waals surface area contributed by atoms with Crippen LogP contribution >= 0.6 is 0 Å². The van der Waals surface area contributed by atoms with Gasteiger partial charge in [-0.1, -0.05) is 17.3 Å². The first-order valence-electron chi connectivity index (χ1n) is 7.96. The number of hydrogen-bond acceptors (Lipinski definition) is 4. The van der Waals surface area contributed by atoms with E-state index in [4.69, 9.17) is 0 Å². The van der Waals surface area contributed by atoms with Crippen LogP contribution in [0.1, 0.15) is 34.4 Å². The summed E-state index contributed by atoms with van der Waals surface area (Å²) in [6.45, 7) is 4.26. The van der Waals surface area contributed by atoms with Crippen molar-refractivity contribution in [3.63, 3.8) is 0 Å². The van der Waals surface area contributed by atoms with Gasteiger partial charge in [0, 0.05) is 18.2 Å². The molecule has 0 bridgehead atoms. The number of aryl methyl sites for hydroxylation is 1. The highest BCUT2D eigenvalue weighted by Gasteiger charge is 2.15. The smallest absolute Gasteiger partial charge is 0.273 e. The number of benzene rings is 1. The van der Waals surface area contributed by atoms with E-state index in [0.717, 1.165) is 17.0 Å². The van der Waals surface area contributed by atoms with E-state index in [9.17, 15) is 9.18 Å². The molecule has 7 nitrogen and oxygen atoms in total. The molecule has 0 saturated carbocycles. The van der Waals surface area contributed by atoms with Gasteiger partial charge in [-0.15, -0.1) is 5.10 Å². The van der Waals surface area contributed by atoms with Crippen LogP contribution < -0.4 is 5.32 Å². The van der Waals surface area contributed by atoms with Gasteiger partial charge in [-0.05, 0) is 37.6 Å². The number of amides is 1. The third kappa shape index (κ3) is 4.50. The van der Waals surface area contributed by atoms with Crippen LogP contribution in [-0.2, 0) is 13.0 Å². The fourth-order valence-electron chi connectivity index (χ4n) is 2.50. The zero-order valence-electron chi connectivity index (χ0n) is 14.0. The van der Waals surface area contributed by atoms with E-state index in [2.05, 4.69) is 25.8 Å². The Morgan fingerprint density at radius 2 is 2.12 bits per heavy atom. The molecule has 1 aromatic carbocycles. The monoisotopic (exact) mass is 342 g/mol. The highest BCUT2D eigenvalue weighted by molar-refractivity contribution is 5.92. The van der Waals surface area contributed by atoms with Crippen molar-refractivity contribution in [1.29, 1.82) is 0 Å². The van der Waals surface area contributed by atoms with Gasteiger partial charge in [-0.3, -0.25) is 9.89 Å². The van der Waals surface area contributed by atoms with Crippen molar-refractivity contribution in [3.05, 3.63) is 65.0 Å². The number of nitrogens with zero attached hydrogens (tertiary/aromatic N) is 4. The summed E-state index contributed by atoms with van der Waals surface area (Å²) in [7, 11) is 0. The Kier molecular flexibility index (Phi) is 4.87. The number of aromatic amines is 1. The normalized spacial score (nSPS) is 12.1. The first kappa shape index (κ1) is 16.8. The number of rotatable bonds is 6. The first-order valence-corrected chi connectivity index (χ1v) is 7.96. The zero-order valence-corrected chi connectivity index (χ0v) is 14.0. The number of nitrogens with one attached hydrogen (secondary N) is 2. The molecular weight excluding hydrogens is 323 g/mol. The molecule has 1 atom stereocenters. The van der Waals surface area contributed by atoms with E-state index < -0.39 is 0 Å². The third-order valence-electron chi connectivity index (χ3n) is 3.68. The molecule has 0 radical (unpaired) electrons. The Balaban J connectivity index is 1.57. The lowest BCUT2D eigenvalue weighted by molar-refractivity contribution is 0.0935. The molecule has 2 heterocycles. The van der Waals surface area contributed by atoms with Crippen LogP contribution in [0.4, 0.5) is 4.39 Å². The van der Waals surface area contributed by atoms with Crippen molar-refractivity contribution in [3.8, 4) is 0 Å². The molecule has 0 fully saturated rings. The second kappa shape index (κ2) is 7.25. The molecule has 8 heteroatoms. The molecule has 2 aromatic heterocycles. The molecule has 130 valence electrons. The predicted octanol–water partition coefficient (Wildman–Crippen LogP) is 1.86. The van der Waals surface area contributed by atoms with Gasteiger partial charge in [0.05, 0.1) is 18.4 Å². The van der Waals surface area contributed by atoms with Crippen molar-refractivity contribution in [1.82, 2.24) is 30.5 Å². The van der Waals surface area contributed by atoms with E-state index >= 15 is 0 Å². The number of hydrogen-bond donors (Lipinski definition) is 2. The quantitative estimate of drug-likeness (QED) is 0.716. The molecule has 0 aliphatic carbocycles. The molecule has 0 spiro atoms. The maximum absolute atomic E-state index is 12.9. The minimum absolute atomic E-state index is 0.0857. The SMILES string of the molecule is Cc1cc(C[C@H](C)NC(=O)c2cn(Cc3ccc(F)cc3)nn2)n[nH]1. The van der Waals surface area contributed by atoms with Crippen LogP contribution in [-0.4, -0.2) is 37.1 Å². The van der Waals surface area contributed by atoms with Gasteiger partial charge >= 0.3 is 0 Å². The second-order valence-electron chi connectivity index (χ2n) is 6.05. The Labute approximate surface area is 144 Å². The van der Waals surface area contributed by atoms with Crippen LogP contribution in [0.15, 0.2) is 36.5 Å².